The summed E-state index contributed by atoms with van der Waals surface area (Å²) in [4.78, 5) is 43.3. The van der Waals surface area contributed by atoms with Gasteiger partial charge in [0, 0.05) is 23.5 Å². The molecule has 3 aromatic rings. The van der Waals surface area contributed by atoms with Gasteiger partial charge in [-0.2, -0.15) is 0 Å². The minimum absolute atomic E-state index is 0.135. The number of nitrogens with one attached hydrogen (secondary N) is 1. The van der Waals surface area contributed by atoms with Crippen LogP contribution in [0.5, 0.6) is 5.75 Å². The first-order valence-electron chi connectivity index (χ1n) is 12.5. The van der Waals surface area contributed by atoms with Gasteiger partial charge in [-0.15, -0.1) is 0 Å². The molecular formula is C29H31N3O4. The molecule has 5 rings (SSSR count). The van der Waals surface area contributed by atoms with E-state index in [9.17, 15) is 14.4 Å². The van der Waals surface area contributed by atoms with Crippen LogP contribution in [0.2, 0.25) is 0 Å². The summed E-state index contributed by atoms with van der Waals surface area (Å²) in [5, 5.41) is 4.95. The molecule has 7 nitrogen and oxygen atoms in total. The van der Waals surface area contributed by atoms with Gasteiger partial charge in [-0.1, -0.05) is 49.2 Å². The van der Waals surface area contributed by atoms with Crippen molar-refractivity contribution in [1.82, 2.24) is 10.2 Å². The van der Waals surface area contributed by atoms with E-state index in [1.165, 1.54) is 4.90 Å². The molecule has 1 unspecified atom stereocenters. The number of hydrogen-bond acceptors (Lipinski definition) is 4. The van der Waals surface area contributed by atoms with Crippen LogP contribution in [0.25, 0.3) is 10.8 Å². The molecule has 3 aromatic carbocycles. The maximum Gasteiger partial charge on any atom is 0.259 e. The lowest BCUT2D eigenvalue weighted by molar-refractivity contribution is -0.139. The van der Waals surface area contributed by atoms with Crippen molar-refractivity contribution in [2.24, 2.45) is 0 Å². The van der Waals surface area contributed by atoms with E-state index in [4.69, 9.17) is 4.74 Å². The van der Waals surface area contributed by atoms with E-state index in [2.05, 4.69) is 5.32 Å². The standard InChI is InChI=1S/C29H31N3O4/c1-19(28(34)30-22-9-3-4-10-22)31(17-20-13-15-23(36-2)16-14-20)26(33)18-32-25-12-6-8-21-7-5-11-24(27(21)25)29(32)35/h5-8,11-16,19,22H,3-4,9-10,17-18H2,1-2H3,(H,30,34). The normalized spacial score (nSPS) is 15.8. The van der Waals surface area contributed by atoms with E-state index >= 15 is 0 Å². The predicted octanol–water partition coefficient (Wildman–Crippen LogP) is 4.28. The van der Waals surface area contributed by atoms with E-state index in [-0.39, 0.29) is 36.9 Å². The summed E-state index contributed by atoms with van der Waals surface area (Å²) in [6.45, 7) is 1.87. The van der Waals surface area contributed by atoms with Gasteiger partial charge in [-0.05, 0) is 55.0 Å². The van der Waals surface area contributed by atoms with Crippen LogP contribution in [0.15, 0.2) is 60.7 Å². The smallest absolute Gasteiger partial charge is 0.259 e. The molecule has 7 heteroatoms. The Hall–Kier alpha value is -3.87. The Morgan fingerprint density at radius 2 is 1.75 bits per heavy atom. The molecule has 0 spiro atoms. The van der Waals surface area contributed by atoms with Gasteiger partial charge in [0.15, 0.2) is 0 Å². The third-order valence-electron chi connectivity index (χ3n) is 7.32. The van der Waals surface area contributed by atoms with Crippen LogP contribution in [0.3, 0.4) is 0 Å². The molecule has 1 saturated carbocycles. The molecule has 1 N–H and O–H groups in total. The number of amides is 3. The molecule has 0 bridgehead atoms. The van der Waals surface area contributed by atoms with Crippen molar-refractivity contribution < 1.29 is 19.1 Å². The average molecular weight is 486 g/mol. The number of benzene rings is 3. The molecule has 1 heterocycles. The van der Waals surface area contributed by atoms with E-state index in [1.807, 2.05) is 54.6 Å². The van der Waals surface area contributed by atoms with E-state index < -0.39 is 6.04 Å². The third-order valence-corrected chi connectivity index (χ3v) is 7.32. The Morgan fingerprint density at radius 1 is 1.06 bits per heavy atom. The Labute approximate surface area is 211 Å². The van der Waals surface area contributed by atoms with Crippen molar-refractivity contribution >= 4 is 34.2 Å². The van der Waals surface area contributed by atoms with Crippen molar-refractivity contribution in [2.75, 3.05) is 18.6 Å². The highest BCUT2D eigenvalue weighted by Gasteiger charge is 2.34. The summed E-state index contributed by atoms with van der Waals surface area (Å²) in [6, 6.07) is 18.3. The molecule has 1 atom stereocenters. The largest absolute Gasteiger partial charge is 0.497 e. The maximum atomic E-state index is 13.8. The Balaban J connectivity index is 1.40. The van der Waals surface area contributed by atoms with Crippen LogP contribution < -0.4 is 15.0 Å². The van der Waals surface area contributed by atoms with E-state index in [1.54, 1.807) is 25.0 Å². The van der Waals surface area contributed by atoms with Crippen LogP contribution in [0, 0.1) is 0 Å². The summed E-state index contributed by atoms with van der Waals surface area (Å²) < 4.78 is 5.25. The lowest BCUT2D eigenvalue weighted by atomic mass is 10.1. The van der Waals surface area contributed by atoms with E-state index in [0.29, 0.717) is 5.56 Å². The number of methoxy groups -OCH3 is 1. The lowest BCUT2D eigenvalue weighted by Gasteiger charge is -2.31. The van der Waals surface area contributed by atoms with Crippen molar-refractivity contribution in [3.8, 4) is 5.75 Å². The fraction of sp³-hybridized carbons (Fsp3) is 0.345. The van der Waals surface area contributed by atoms with E-state index in [0.717, 1.165) is 53.5 Å². The third kappa shape index (κ3) is 4.53. The van der Waals surface area contributed by atoms with Gasteiger partial charge < -0.3 is 15.0 Å². The second kappa shape index (κ2) is 10.0. The molecule has 3 amide bonds. The summed E-state index contributed by atoms with van der Waals surface area (Å²) in [7, 11) is 1.60. The molecular weight excluding hydrogens is 454 g/mol. The Kier molecular flexibility index (Phi) is 6.63. The van der Waals surface area contributed by atoms with Crippen molar-refractivity contribution in [3.63, 3.8) is 0 Å². The zero-order valence-corrected chi connectivity index (χ0v) is 20.7. The zero-order valence-electron chi connectivity index (χ0n) is 20.7. The summed E-state index contributed by atoms with van der Waals surface area (Å²) in [6.07, 6.45) is 4.15. The second-order valence-electron chi connectivity index (χ2n) is 9.61. The monoisotopic (exact) mass is 485 g/mol. The van der Waals surface area contributed by atoms with Gasteiger partial charge in [0.25, 0.3) is 5.91 Å². The maximum absolute atomic E-state index is 13.8. The lowest BCUT2D eigenvalue weighted by Crippen LogP contribution is -2.52. The van der Waals surface area contributed by atoms with Crippen LogP contribution in [-0.2, 0) is 16.1 Å². The first-order valence-corrected chi connectivity index (χ1v) is 12.5. The van der Waals surface area contributed by atoms with Crippen LogP contribution in [-0.4, -0.2) is 48.4 Å². The molecule has 1 aliphatic heterocycles. The van der Waals surface area contributed by atoms with Crippen molar-refractivity contribution in [3.05, 3.63) is 71.8 Å². The van der Waals surface area contributed by atoms with Crippen molar-refractivity contribution in [1.29, 1.82) is 0 Å². The molecule has 36 heavy (non-hydrogen) atoms. The van der Waals surface area contributed by atoms with Gasteiger partial charge >= 0.3 is 0 Å². The van der Waals surface area contributed by atoms with Crippen LogP contribution in [0.4, 0.5) is 5.69 Å². The first-order chi connectivity index (χ1) is 17.5. The molecule has 2 aliphatic rings. The first kappa shape index (κ1) is 23.9. The number of carbonyl (C=O) groups is 3. The summed E-state index contributed by atoms with van der Waals surface area (Å²) in [5.41, 5.74) is 2.21. The molecule has 0 saturated heterocycles. The molecule has 0 radical (unpaired) electrons. The predicted molar refractivity (Wildman–Crippen MR) is 139 cm³/mol. The van der Waals surface area contributed by atoms with Gasteiger partial charge in [-0.25, -0.2) is 0 Å². The number of hydrogen-bond donors (Lipinski definition) is 1. The van der Waals surface area contributed by atoms with Gasteiger partial charge in [-0.3, -0.25) is 19.3 Å². The fourth-order valence-electron chi connectivity index (χ4n) is 5.26. The number of rotatable bonds is 8. The number of nitrogens with zero attached hydrogens (tertiary/aromatic N) is 2. The SMILES string of the molecule is COc1ccc(CN(C(=O)CN2C(=O)c3cccc4cccc2c34)C(C)C(=O)NC2CCCC2)cc1. The molecule has 186 valence electrons. The highest BCUT2D eigenvalue weighted by molar-refractivity contribution is 6.26. The quantitative estimate of drug-likeness (QED) is 0.517. The number of anilines is 1. The Morgan fingerprint density at radius 3 is 2.44 bits per heavy atom. The zero-order chi connectivity index (χ0) is 25.2. The topological polar surface area (TPSA) is 79.0 Å². The van der Waals surface area contributed by atoms with Crippen LogP contribution in [0.1, 0.15) is 48.5 Å². The van der Waals surface area contributed by atoms with Gasteiger partial charge in [0.2, 0.25) is 11.8 Å². The second-order valence-corrected chi connectivity index (χ2v) is 9.61. The molecule has 0 aromatic heterocycles. The van der Waals surface area contributed by atoms with Crippen LogP contribution >= 0.6 is 0 Å². The van der Waals surface area contributed by atoms with Crippen molar-refractivity contribution in [2.45, 2.75) is 51.2 Å². The average Bonchev–Trinajstić information content (AvgIpc) is 3.51. The highest BCUT2D eigenvalue weighted by atomic mass is 16.5. The van der Waals surface area contributed by atoms with Gasteiger partial charge in [0.1, 0.15) is 18.3 Å². The molecule has 1 fully saturated rings. The minimum Gasteiger partial charge on any atom is -0.497 e. The number of carbonyl (C=O) groups excluding carboxylic acids is 3. The summed E-state index contributed by atoms with van der Waals surface area (Å²) in [5.74, 6) is 0.0831. The van der Waals surface area contributed by atoms with Gasteiger partial charge in [0.05, 0.1) is 12.8 Å². The Bertz CT molecular complexity index is 1290. The molecule has 1 aliphatic carbocycles. The summed E-state index contributed by atoms with van der Waals surface area (Å²) >= 11 is 0. The number of ether oxygens (including phenoxy) is 1. The highest BCUT2D eigenvalue weighted by Crippen LogP contribution is 2.37. The minimum atomic E-state index is -0.684. The fourth-order valence-corrected chi connectivity index (χ4v) is 5.26.